The second-order valence-electron chi connectivity index (χ2n) is 7.57. The molecule has 3 heterocycles. The highest BCUT2D eigenvalue weighted by molar-refractivity contribution is 5.92. The van der Waals surface area contributed by atoms with Gasteiger partial charge in [0, 0.05) is 25.7 Å². The molecule has 0 unspecified atom stereocenters. The Labute approximate surface area is 160 Å². The van der Waals surface area contributed by atoms with E-state index in [9.17, 15) is 4.79 Å². The van der Waals surface area contributed by atoms with Crippen LogP contribution < -0.4 is 10.6 Å². The number of amides is 1. The van der Waals surface area contributed by atoms with Gasteiger partial charge < -0.3 is 10.6 Å². The maximum absolute atomic E-state index is 12.5. The zero-order chi connectivity index (χ0) is 18.5. The molecule has 2 aliphatic heterocycles. The molecule has 0 saturated carbocycles. The normalized spacial score (nSPS) is 19.9. The lowest BCUT2D eigenvalue weighted by Crippen LogP contribution is -2.44. The van der Waals surface area contributed by atoms with E-state index in [0.717, 1.165) is 58.4 Å². The van der Waals surface area contributed by atoms with Gasteiger partial charge in [-0.25, -0.2) is 4.68 Å². The topological polar surface area (TPSA) is 75.1 Å². The molecule has 4 rings (SSSR count). The van der Waals surface area contributed by atoms with Crippen LogP contribution in [0, 0.1) is 0 Å². The first-order chi connectivity index (χ1) is 13.3. The second-order valence-corrected chi connectivity index (χ2v) is 7.57. The lowest BCUT2D eigenvalue weighted by atomic mass is 10.0. The van der Waals surface area contributed by atoms with Crippen molar-refractivity contribution in [2.75, 3.05) is 26.2 Å². The third-order valence-corrected chi connectivity index (χ3v) is 5.60. The summed E-state index contributed by atoms with van der Waals surface area (Å²) >= 11 is 0. The minimum atomic E-state index is -0.100. The molecule has 7 heteroatoms. The van der Waals surface area contributed by atoms with E-state index in [4.69, 9.17) is 0 Å². The first-order valence-corrected chi connectivity index (χ1v) is 9.97. The van der Waals surface area contributed by atoms with Crippen LogP contribution in [0.5, 0.6) is 0 Å². The molecule has 1 amide bonds. The summed E-state index contributed by atoms with van der Waals surface area (Å²) in [6.07, 6.45) is 5.81. The van der Waals surface area contributed by atoms with Gasteiger partial charge in [-0.3, -0.25) is 9.69 Å². The van der Waals surface area contributed by atoms with E-state index in [2.05, 4.69) is 50.1 Å². The summed E-state index contributed by atoms with van der Waals surface area (Å²) in [5, 5.41) is 14.8. The fourth-order valence-corrected chi connectivity index (χ4v) is 3.97. The predicted octanol–water partition coefficient (Wildman–Crippen LogP) is 1.60. The first-order valence-electron chi connectivity index (χ1n) is 9.97. The van der Waals surface area contributed by atoms with Crippen LogP contribution in [-0.4, -0.2) is 58.0 Å². The van der Waals surface area contributed by atoms with Crippen molar-refractivity contribution in [3.8, 4) is 0 Å². The largest absolute Gasteiger partial charge is 0.348 e. The van der Waals surface area contributed by atoms with Crippen molar-refractivity contribution < 1.29 is 4.79 Å². The molecule has 2 aromatic rings. The summed E-state index contributed by atoms with van der Waals surface area (Å²) < 4.78 is 1.86. The standard InChI is InChI=1S/C20H28N6O/c27-20(19-15-26(24-23-19)18-6-10-21-11-7-18)22-17-8-12-25(13-9-17)14-16-4-2-1-3-5-16/h1-5,15,17-18,21H,6-14H2,(H,22,27). The molecule has 2 saturated heterocycles. The van der Waals surface area contributed by atoms with Gasteiger partial charge in [0.25, 0.3) is 5.91 Å². The predicted molar refractivity (Wildman–Crippen MR) is 103 cm³/mol. The highest BCUT2D eigenvalue weighted by Gasteiger charge is 2.23. The molecule has 144 valence electrons. The lowest BCUT2D eigenvalue weighted by Gasteiger charge is -2.32. The molecule has 0 radical (unpaired) electrons. The Kier molecular flexibility index (Phi) is 5.79. The summed E-state index contributed by atoms with van der Waals surface area (Å²) in [6, 6.07) is 11.1. The molecule has 0 aliphatic carbocycles. The Morgan fingerprint density at radius 2 is 1.85 bits per heavy atom. The van der Waals surface area contributed by atoms with Crippen molar-refractivity contribution in [2.24, 2.45) is 0 Å². The van der Waals surface area contributed by atoms with Crippen molar-refractivity contribution in [3.05, 3.63) is 47.8 Å². The molecule has 27 heavy (non-hydrogen) atoms. The monoisotopic (exact) mass is 368 g/mol. The van der Waals surface area contributed by atoms with Crippen LogP contribution in [0.1, 0.15) is 47.8 Å². The quantitative estimate of drug-likeness (QED) is 0.838. The van der Waals surface area contributed by atoms with Crippen molar-refractivity contribution in [2.45, 2.75) is 44.3 Å². The minimum absolute atomic E-state index is 0.100. The number of benzene rings is 1. The van der Waals surface area contributed by atoms with Crippen LogP contribution in [0.15, 0.2) is 36.5 Å². The highest BCUT2D eigenvalue weighted by atomic mass is 16.2. The van der Waals surface area contributed by atoms with E-state index in [-0.39, 0.29) is 11.9 Å². The summed E-state index contributed by atoms with van der Waals surface area (Å²) in [4.78, 5) is 15.0. The van der Waals surface area contributed by atoms with Gasteiger partial charge in [0.2, 0.25) is 0 Å². The summed E-state index contributed by atoms with van der Waals surface area (Å²) in [6.45, 7) is 4.97. The van der Waals surface area contributed by atoms with E-state index in [1.165, 1.54) is 5.56 Å². The zero-order valence-electron chi connectivity index (χ0n) is 15.7. The van der Waals surface area contributed by atoms with E-state index < -0.39 is 0 Å². The van der Waals surface area contributed by atoms with Crippen molar-refractivity contribution >= 4 is 5.91 Å². The number of nitrogens with one attached hydrogen (secondary N) is 2. The third-order valence-electron chi connectivity index (χ3n) is 5.60. The highest BCUT2D eigenvalue weighted by Crippen LogP contribution is 2.18. The van der Waals surface area contributed by atoms with Crippen molar-refractivity contribution in [3.63, 3.8) is 0 Å². The average Bonchev–Trinajstić information content (AvgIpc) is 3.21. The molecule has 2 aliphatic rings. The Balaban J connectivity index is 1.25. The van der Waals surface area contributed by atoms with Gasteiger partial charge in [0.1, 0.15) is 0 Å². The van der Waals surface area contributed by atoms with Crippen LogP contribution in [-0.2, 0) is 6.54 Å². The van der Waals surface area contributed by atoms with Crippen LogP contribution in [0.3, 0.4) is 0 Å². The average molecular weight is 368 g/mol. The molecular weight excluding hydrogens is 340 g/mol. The van der Waals surface area contributed by atoms with E-state index >= 15 is 0 Å². The van der Waals surface area contributed by atoms with E-state index in [0.29, 0.717) is 11.7 Å². The second kappa shape index (κ2) is 8.63. The Morgan fingerprint density at radius 3 is 2.59 bits per heavy atom. The van der Waals surface area contributed by atoms with Crippen molar-refractivity contribution in [1.29, 1.82) is 0 Å². The van der Waals surface area contributed by atoms with Gasteiger partial charge in [-0.05, 0) is 44.3 Å². The van der Waals surface area contributed by atoms with Crippen LogP contribution in [0.25, 0.3) is 0 Å². The smallest absolute Gasteiger partial charge is 0.273 e. The number of likely N-dealkylation sites (tertiary alicyclic amines) is 1. The molecule has 0 atom stereocenters. The summed E-state index contributed by atoms with van der Waals surface area (Å²) in [5.41, 5.74) is 1.77. The Morgan fingerprint density at radius 1 is 1.11 bits per heavy atom. The number of carbonyl (C=O) groups is 1. The van der Waals surface area contributed by atoms with Gasteiger partial charge in [-0.2, -0.15) is 0 Å². The fourth-order valence-electron chi connectivity index (χ4n) is 3.97. The van der Waals surface area contributed by atoms with Gasteiger partial charge in [0.05, 0.1) is 12.2 Å². The van der Waals surface area contributed by atoms with Gasteiger partial charge in [0.15, 0.2) is 5.69 Å². The molecule has 7 nitrogen and oxygen atoms in total. The van der Waals surface area contributed by atoms with Gasteiger partial charge >= 0.3 is 0 Å². The van der Waals surface area contributed by atoms with Crippen LogP contribution in [0.4, 0.5) is 0 Å². The van der Waals surface area contributed by atoms with Crippen molar-refractivity contribution in [1.82, 2.24) is 30.5 Å². The number of nitrogens with zero attached hydrogens (tertiary/aromatic N) is 4. The number of rotatable bonds is 5. The van der Waals surface area contributed by atoms with Gasteiger partial charge in [-0.1, -0.05) is 35.5 Å². The maximum atomic E-state index is 12.5. The number of piperidine rings is 2. The van der Waals surface area contributed by atoms with Gasteiger partial charge in [-0.15, -0.1) is 5.10 Å². The number of hydrogen-bond acceptors (Lipinski definition) is 5. The van der Waals surface area contributed by atoms with E-state index in [1.54, 1.807) is 6.20 Å². The molecule has 2 fully saturated rings. The molecule has 0 bridgehead atoms. The molecule has 2 N–H and O–H groups in total. The zero-order valence-corrected chi connectivity index (χ0v) is 15.7. The van der Waals surface area contributed by atoms with Crippen LogP contribution >= 0.6 is 0 Å². The number of aromatic nitrogens is 3. The Bertz CT molecular complexity index is 732. The summed E-state index contributed by atoms with van der Waals surface area (Å²) in [5.74, 6) is -0.100. The first kappa shape index (κ1) is 18.1. The number of carbonyl (C=O) groups excluding carboxylic acids is 1. The molecule has 0 spiro atoms. The Hall–Kier alpha value is -2.25. The van der Waals surface area contributed by atoms with Crippen LogP contribution in [0.2, 0.25) is 0 Å². The van der Waals surface area contributed by atoms with E-state index in [1.807, 2.05) is 10.7 Å². The number of hydrogen-bond donors (Lipinski definition) is 2. The summed E-state index contributed by atoms with van der Waals surface area (Å²) in [7, 11) is 0. The SMILES string of the molecule is O=C(NC1CCN(Cc2ccccc2)CC1)c1cn(C2CCNCC2)nn1. The maximum Gasteiger partial charge on any atom is 0.273 e. The molecular formula is C20H28N6O. The lowest BCUT2D eigenvalue weighted by molar-refractivity contribution is 0.0903. The fraction of sp³-hybridized carbons (Fsp3) is 0.550. The minimum Gasteiger partial charge on any atom is -0.348 e. The molecule has 1 aromatic carbocycles. The third kappa shape index (κ3) is 4.73. The molecule has 1 aromatic heterocycles.